The number of benzene rings is 1. The maximum Gasteiger partial charge on any atom is 0.201 e. The fourth-order valence-electron chi connectivity index (χ4n) is 2.31. The second kappa shape index (κ2) is 6.45. The molecule has 7 heteroatoms. The largest absolute Gasteiger partial charge is 0.492 e. The monoisotopic (exact) mass is 289 g/mol. The van der Waals surface area contributed by atoms with Gasteiger partial charge in [0.25, 0.3) is 0 Å². The van der Waals surface area contributed by atoms with E-state index in [4.69, 9.17) is 4.74 Å². The molecule has 0 unspecified atom stereocenters. The Bertz CT molecular complexity index is 614. The van der Waals surface area contributed by atoms with Crippen molar-refractivity contribution < 1.29 is 9.13 Å². The number of H-pyrrole nitrogens is 1. The molecule has 0 amide bonds. The second-order valence-electron chi connectivity index (χ2n) is 4.84. The van der Waals surface area contributed by atoms with Crippen LogP contribution in [0, 0.1) is 5.82 Å². The van der Waals surface area contributed by atoms with E-state index in [2.05, 4.69) is 31.6 Å². The van der Waals surface area contributed by atoms with E-state index in [1.165, 1.54) is 12.1 Å². The SMILES string of the molecule is Fc1cccc(OCCN2CCC=C(c3nn[nH]n3)C2)c1. The number of rotatable bonds is 5. The van der Waals surface area contributed by atoms with Crippen molar-refractivity contribution in [1.82, 2.24) is 25.5 Å². The van der Waals surface area contributed by atoms with Gasteiger partial charge in [-0.25, -0.2) is 4.39 Å². The van der Waals surface area contributed by atoms with E-state index in [0.29, 0.717) is 18.2 Å². The van der Waals surface area contributed by atoms with Gasteiger partial charge < -0.3 is 4.74 Å². The van der Waals surface area contributed by atoms with Gasteiger partial charge in [-0.3, -0.25) is 4.90 Å². The summed E-state index contributed by atoms with van der Waals surface area (Å²) in [6, 6.07) is 6.19. The van der Waals surface area contributed by atoms with Gasteiger partial charge in [0.2, 0.25) is 5.82 Å². The smallest absolute Gasteiger partial charge is 0.201 e. The van der Waals surface area contributed by atoms with Crippen molar-refractivity contribution in [3.63, 3.8) is 0 Å². The first-order valence-corrected chi connectivity index (χ1v) is 6.85. The van der Waals surface area contributed by atoms with Crippen molar-refractivity contribution in [3.8, 4) is 5.75 Å². The molecule has 1 aliphatic heterocycles. The number of aromatic amines is 1. The number of nitrogens with zero attached hydrogens (tertiary/aromatic N) is 4. The lowest BCUT2D eigenvalue weighted by Crippen LogP contribution is -2.33. The molecule has 2 heterocycles. The summed E-state index contributed by atoms with van der Waals surface area (Å²) in [5, 5.41) is 14.0. The summed E-state index contributed by atoms with van der Waals surface area (Å²) in [6.07, 6.45) is 3.08. The Morgan fingerprint density at radius 1 is 1.38 bits per heavy atom. The van der Waals surface area contributed by atoms with Crippen LogP contribution in [0.15, 0.2) is 30.3 Å². The Hall–Kier alpha value is -2.28. The lowest BCUT2D eigenvalue weighted by atomic mass is 10.1. The third-order valence-electron chi connectivity index (χ3n) is 3.33. The first-order chi connectivity index (χ1) is 10.3. The van der Waals surface area contributed by atoms with Gasteiger partial charge in [0.1, 0.15) is 18.2 Å². The average Bonchev–Trinajstić information content (AvgIpc) is 3.02. The van der Waals surface area contributed by atoms with Crippen molar-refractivity contribution in [2.75, 3.05) is 26.2 Å². The highest BCUT2D eigenvalue weighted by Gasteiger charge is 2.16. The minimum Gasteiger partial charge on any atom is -0.492 e. The zero-order chi connectivity index (χ0) is 14.5. The molecular formula is C14H16FN5O. The van der Waals surface area contributed by atoms with E-state index in [1.807, 2.05) is 0 Å². The van der Waals surface area contributed by atoms with Crippen molar-refractivity contribution in [3.05, 3.63) is 42.0 Å². The molecule has 0 spiro atoms. The summed E-state index contributed by atoms with van der Waals surface area (Å²) in [4.78, 5) is 2.25. The molecule has 110 valence electrons. The van der Waals surface area contributed by atoms with Crippen LogP contribution in [0.25, 0.3) is 5.57 Å². The highest BCUT2D eigenvalue weighted by molar-refractivity contribution is 5.61. The number of tetrazole rings is 1. The summed E-state index contributed by atoms with van der Waals surface area (Å²) in [6.45, 7) is 3.02. The molecule has 0 radical (unpaired) electrons. The Labute approximate surface area is 121 Å². The second-order valence-corrected chi connectivity index (χ2v) is 4.84. The van der Waals surface area contributed by atoms with Crippen LogP contribution < -0.4 is 4.74 Å². The summed E-state index contributed by atoms with van der Waals surface area (Å²) < 4.78 is 18.6. The molecule has 1 aromatic carbocycles. The van der Waals surface area contributed by atoms with E-state index in [-0.39, 0.29) is 5.82 Å². The zero-order valence-corrected chi connectivity index (χ0v) is 11.5. The maximum absolute atomic E-state index is 13.0. The van der Waals surface area contributed by atoms with Crippen LogP contribution in [0.5, 0.6) is 5.75 Å². The van der Waals surface area contributed by atoms with E-state index in [1.54, 1.807) is 12.1 Å². The van der Waals surface area contributed by atoms with Gasteiger partial charge in [-0.2, -0.15) is 5.21 Å². The van der Waals surface area contributed by atoms with Crippen LogP contribution >= 0.6 is 0 Å². The number of hydrogen-bond acceptors (Lipinski definition) is 5. The number of hydrogen-bond donors (Lipinski definition) is 1. The standard InChI is InChI=1S/C14H16FN5O/c15-12-4-1-5-13(9-12)21-8-7-20-6-2-3-11(10-20)14-16-18-19-17-14/h1,3-5,9H,2,6-8,10H2,(H,16,17,18,19). The molecule has 0 aliphatic carbocycles. The number of nitrogens with one attached hydrogen (secondary N) is 1. The highest BCUT2D eigenvalue weighted by atomic mass is 19.1. The molecule has 1 N–H and O–H groups in total. The molecule has 3 rings (SSSR count). The van der Waals surface area contributed by atoms with Crippen molar-refractivity contribution in [2.24, 2.45) is 0 Å². The predicted octanol–water partition coefficient (Wildman–Crippen LogP) is 1.51. The summed E-state index contributed by atoms with van der Waals surface area (Å²) in [7, 11) is 0. The molecule has 1 aromatic heterocycles. The molecule has 0 saturated heterocycles. The minimum absolute atomic E-state index is 0.284. The van der Waals surface area contributed by atoms with Gasteiger partial charge in [0.15, 0.2) is 0 Å². The van der Waals surface area contributed by atoms with E-state index in [9.17, 15) is 4.39 Å². The quantitative estimate of drug-likeness (QED) is 0.903. The minimum atomic E-state index is -0.284. The molecule has 0 atom stereocenters. The Balaban J connectivity index is 1.49. The molecular weight excluding hydrogens is 273 g/mol. The summed E-state index contributed by atoms with van der Waals surface area (Å²) >= 11 is 0. The van der Waals surface area contributed by atoms with Gasteiger partial charge >= 0.3 is 0 Å². The predicted molar refractivity (Wildman–Crippen MR) is 75.1 cm³/mol. The lowest BCUT2D eigenvalue weighted by molar-refractivity contribution is 0.223. The fraction of sp³-hybridized carbons (Fsp3) is 0.357. The van der Waals surface area contributed by atoms with Crippen molar-refractivity contribution >= 4 is 5.57 Å². The molecule has 21 heavy (non-hydrogen) atoms. The van der Waals surface area contributed by atoms with Crippen molar-refractivity contribution in [2.45, 2.75) is 6.42 Å². The van der Waals surface area contributed by atoms with E-state index >= 15 is 0 Å². The van der Waals surface area contributed by atoms with Crippen molar-refractivity contribution in [1.29, 1.82) is 0 Å². The first-order valence-electron chi connectivity index (χ1n) is 6.85. The van der Waals surface area contributed by atoms with Crippen LogP contribution in [0.2, 0.25) is 0 Å². The Morgan fingerprint density at radius 3 is 3.14 bits per heavy atom. The maximum atomic E-state index is 13.0. The fourth-order valence-corrected chi connectivity index (χ4v) is 2.31. The third-order valence-corrected chi connectivity index (χ3v) is 3.33. The van der Waals surface area contributed by atoms with Gasteiger partial charge in [0.05, 0.1) is 0 Å². The molecule has 0 saturated carbocycles. The molecule has 6 nitrogen and oxygen atoms in total. The number of halogens is 1. The normalized spacial score (nSPS) is 15.8. The molecule has 0 bridgehead atoms. The Morgan fingerprint density at radius 2 is 2.33 bits per heavy atom. The third kappa shape index (κ3) is 3.63. The zero-order valence-electron chi connectivity index (χ0n) is 11.5. The van der Waals surface area contributed by atoms with Crippen LogP contribution in [-0.2, 0) is 0 Å². The molecule has 0 fully saturated rings. The first kappa shape index (κ1) is 13.7. The number of ether oxygens (including phenoxy) is 1. The highest BCUT2D eigenvalue weighted by Crippen LogP contribution is 2.17. The van der Waals surface area contributed by atoms with Gasteiger partial charge in [-0.05, 0) is 23.8 Å². The summed E-state index contributed by atoms with van der Waals surface area (Å²) in [5.41, 5.74) is 1.07. The molecule has 1 aliphatic rings. The average molecular weight is 289 g/mol. The molecule has 2 aromatic rings. The lowest BCUT2D eigenvalue weighted by Gasteiger charge is -2.25. The Kier molecular flexibility index (Phi) is 4.20. The van der Waals surface area contributed by atoms with Gasteiger partial charge in [-0.15, -0.1) is 10.2 Å². The van der Waals surface area contributed by atoms with Crippen LogP contribution in [0.1, 0.15) is 12.2 Å². The van der Waals surface area contributed by atoms with Gasteiger partial charge in [-0.1, -0.05) is 12.1 Å². The van der Waals surface area contributed by atoms with Crippen LogP contribution in [-0.4, -0.2) is 51.8 Å². The van der Waals surface area contributed by atoms with Crippen LogP contribution in [0.3, 0.4) is 0 Å². The summed E-state index contributed by atoms with van der Waals surface area (Å²) in [5.74, 6) is 0.916. The number of aromatic nitrogens is 4. The van der Waals surface area contributed by atoms with E-state index < -0.39 is 0 Å². The topological polar surface area (TPSA) is 66.9 Å². The van der Waals surface area contributed by atoms with E-state index in [0.717, 1.165) is 31.6 Å². The van der Waals surface area contributed by atoms with Gasteiger partial charge in [0, 0.05) is 31.3 Å². The van der Waals surface area contributed by atoms with Crippen LogP contribution in [0.4, 0.5) is 4.39 Å².